The van der Waals surface area contributed by atoms with Crippen molar-refractivity contribution in [3.63, 3.8) is 0 Å². The number of rotatable bonds is 1. The Morgan fingerprint density at radius 2 is 2.00 bits per heavy atom. The molecule has 1 aromatic carbocycles. The van der Waals surface area contributed by atoms with E-state index in [1.807, 2.05) is 0 Å². The van der Waals surface area contributed by atoms with Gasteiger partial charge in [-0.15, -0.1) is 0 Å². The molecule has 1 aromatic rings. The summed E-state index contributed by atoms with van der Waals surface area (Å²) in [6.45, 7) is 4.44. The minimum Gasteiger partial charge on any atom is -0.299 e. The number of benzene rings is 1. The summed E-state index contributed by atoms with van der Waals surface area (Å²) in [4.78, 5) is 11.9. The van der Waals surface area contributed by atoms with E-state index in [4.69, 9.17) is 0 Å². The van der Waals surface area contributed by atoms with Gasteiger partial charge >= 0.3 is 0 Å². The smallest absolute Gasteiger partial charge is 0.146 e. The molecule has 0 saturated carbocycles. The predicted octanol–water partition coefficient (Wildman–Crippen LogP) is 3.67. The van der Waals surface area contributed by atoms with Gasteiger partial charge in [0.2, 0.25) is 0 Å². The van der Waals surface area contributed by atoms with Gasteiger partial charge in [0.1, 0.15) is 5.78 Å². The number of fused-ring (bicyclic) bond motifs is 1. The van der Waals surface area contributed by atoms with Crippen molar-refractivity contribution in [2.45, 2.75) is 31.7 Å². The van der Waals surface area contributed by atoms with Crippen LogP contribution in [0.25, 0.3) is 0 Å². The Bertz CT molecular complexity index is 624. The molecule has 2 nitrogen and oxygen atoms in total. The molecule has 2 aliphatic rings. The van der Waals surface area contributed by atoms with Crippen LogP contribution in [0.3, 0.4) is 0 Å². The number of Topliss-reactive ketones (excluding diaryl/α,β-unsaturated/α-hetero) is 1. The third-order valence-corrected chi connectivity index (χ3v) is 4.22. The summed E-state index contributed by atoms with van der Waals surface area (Å²) in [7, 11) is 0. The minimum absolute atomic E-state index is 0.104. The molecule has 2 heteroatoms. The maximum absolute atomic E-state index is 11.9. The number of nitrogens with one attached hydrogen (secondary N) is 1. The highest BCUT2D eigenvalue weighted by Crippen LogP contribution is 2.30. The standard InChI is InChI=1S/C19H21NO/c1-14-9-11-16(12-10-14)19-18-8-3-2-5-15(18)6-4-7-17(21)13-20-19/h2-3,5,8-9,11-12,19-20H,1,4,6-7,10,13H2. The molecule has 0 saturated heterocycles. The highest BCUT2D eigenvalue weighted by Gasteiger charge is 2.21. The van der Waals surface area contributed by atoms with Crippen molar-refractivity contribution in [1.29, 1.82) is 0 Å². The van der Waals surface area contributed by atoms with Crippen LogP contribution in [-0.2, 0) is 11.2 Å². The number of aryl methyl sites for hydroxylation is 1. The van der Waals surface area contributed by atoms with Gasteiger partial charge in [-0.3, -0.25) is 10.1 Å². The van der Waals surface area contributed by atoms with Gasteiger partial charge in [-0.2, -0.15) is 0 Å². The molecule has 0 spiro atoms. The van der Waals surface area contributed by atoms with Crippen molar-refractivity contribution in [2.75, 3.05) is 6.54 Å². The van der Waals surface area contributed by atoms with Gasteiger partial charge < -0.3 is 0 Å². The van der Waals surface area contributed by atoms with Gasteiger partial charge in [-0.25, -0.2) is 0 Å². The molecular weight excluding hydrogens is 258 g/mol. The van der Waals surface area contributed by atoms with E-state index < -0.39 is 0 Å². The third kappa shape index (κ3) is 3.22. The molecule has 1 atom stereocenters. The van der Waals surface area contributed by atoms with Crippen molar-refractivity contribution in [1.82, 2.24) is 5.32 Å². The molecule has 1 unspecified atom stereocenters. The topological polar surface area (TPSA) is 29.1 Å². The lowest BCUT2D eigenvalue weighted by Gasteiger charge is -2.24. The van der Waals surface area contributed by atoms with Crippen LogP contribution < -0.4 is 5.32 Å². The number of allylic oxidation sites excluding steroid dienone is 3. The van der Waals surface area contributed by atoms with Crippen molar-refractivity contribution in [2.24, 2.45) is 0 Å². The molecule has 0 fully saturated rings. The van der Waals surface area contributed by atoms with E-state index >= 15 is 0 Å². The molecule has 108 valence electrons. The lowest BCUT2D eigenvalue weighted by atomic mass is 9.89. The fraction of sp³-hybridized carbons (Fsp3) is 0.316. The Morgan fingerprint density at radius 1 is 1.14 bits per heavy atom. The zero-order valence-electron chi connectivity index (χ0n) is 12.3. The van der Waals surface area contributed by atoms with E-state index in [0.717, 1.165) is 24.8 Å². The summed E-state index contributed by atoms with van der Waals surface area (Å²) in [6.07, 6.45) is 9.90. The molecule has 1 N–H and O–H groups in total. The van der Waals surface area contributed by atoms with Crippen molar-refractivity contribution in [3.05, 3.63) is 71.3 Å². The Balaban J connectivity index is 1.98. The van der Waals surface area contributed by atoms with Gasteiger partial charge in [0.05, 0.1) is 12.6 Å². The quantitative estimate of drug-likeness (QED) is 0.850. The lowest BCUT2D eigenvalue weighted by molar-refractivity contribution is -0.118. The Kier molecular flexibility index (Phi) is 4.16. The van der Waals surface area contributed by atoms with Crippen LogP contribution in [0, 0.1) is 0 Å². The highest BCUT2D eigenvalue weighted by atomic mass is 16.1. The second kappa shape index (κ2) is 6.23. The summed E-state index contributed by atoms with van der Waals surface area (Å²) in [6, 6.07) is 8.64. The summed E-state index contributed by atoms with van der Waals surface area (Å²) in [5.74, 6) is 0.303. The highest BCUT2D eigenvalue weighted by molar-refractivity contribution is 5.80. The Labute approximate surface area is 126 Å². The molecule has 1 aliphatic carbocycles. The third-order valence-electron chi connectivity index (χ3n) is 4.22. The molecule has 1 aliphatic heterocycles. The van der Waals surface area contributed by atoms with Crippen LogP contribution in [-0.4, -0.2) is 12.3 Å². The largest absolute Gasteiger partial charge is 0.299 e. The first-order valence-electron chi connectivity index (χ1n) is 7.63. The molecule has 21 heavy (non-hydrogen) atoms. The number of carbonyl (C=O) groups excluding carboxylic acids is 1. The number of hydrogen-bond donors (Lipinski definition) is 1. The van der Waals surface area contributed by atoms with Gasteiger partial charge in [-0.05, 0) is 36.0 Å². The van der Waals surface area contributed by atoms with E-state index in [2.05, 4.69) is 54.4 Å². The van der Waals surface area contributed by atoms with Gasteiger partial charge in [0.25, 0.3) is 0 Å². The molecular formula is C19H21NO. The molecule has 0 radical (unpaired) electrons. The van der Waals surface area contributed by atoms with Crippen molar-refractivity contribution in [3.8, 4) is 0 Å². The minimum atomic E-state index is 0.104. The van der Waals surface area contributed by atoms with Gasteiger partial charge in [0, 0.05) is 6.42 Å². The first kappa shape index (κ1) is 14.0. The Morgan fingerprint density at radius 3 is 2.81 bits per heavy atom. The molecule has 0 aromatic heterocycles. The summed E-state index contributed by atoms with van der Waals surface area (Å²) >= 11 is 0. The van der Waals surface area contributed by atoms with Crippen molar-refractivity contribution >= 4 is 5.78 Å². The number of carbonyl (C=O) groups is 1. The average Bonchev–Trinajstić information content (AvgIpc) is 2.57. The maximum Gasteiger partial charge on any atom is 0.146 e. The summed E-state index contributed by atoms with van der Waals surface area (Å²) in [5.41, 5.74) is 5.02. The maximum atomic E-state index is 11.9. The fourth-order valence-electron chi connectivity index (χ4n) is 3.04. The lowest BCUT2D eigenvalue weighted by Crippen LogP contribution is -2.28. The van der Waals surface area contributed by atoms with E-state index in [1.54, 1.807) is 0 Å². The molecule has 0 amide bonds. The number of ketones is 1. The van der Waals surface area contributed by atoms with Crippen LogP contribution in [0.1, 0.15) is 36.4 Å². The first-order valence-corrected chi connectivity index (χ1v) is 7.63. The van der Waals surface area contributed by atoms with E-state index in [-0.39, 0.29) is 6.04 Å². The van der Waals surface area contributed by atoms with Gasteiger partial charge in [0.15, 0.2) is 0 Å². The van der Waals surface area contributed by atoms with E-state index in [9.17, 15) is 4.79 Å². The second-order valence-corrected chi connectivity index (χ2v) is 5.80. The Hall–Kier alpha value is -1.93. The predicted molar refractivity (Wildman–Crippen MR) is 86.1 cm³/mol. The van der Waals surface area contributed by atoms with Crippen LogP contribution >= 0.6 is 0 Å². The van der Waals surface area contributed by atoms with Gasteiger partial charge in [-0.1, -0.05) is 54.6 Å². The molecule has 1 heterocycles. The molecule has 3 rings (SSSR count). The zero-order chi connectivity index (χ0) is 14.7. The summed E-state index contributed by atoms with van der Waals surface area (Å²) in [5, 5.41) is 3.45. The van der Waals surface area contributed by atoms with Crippen LogP contribution in [0.2, 0.25) is 0 Å². The zero-order valence-corrected chi connectivity index (χ0v) is 12.3. The van der Waals surface area contributed by atoms with E-state index in [0.29, 0.717) is 18.7 Å². The van der Waals surface area contributed by atoms with Crippen LogP contribution in [0.15, 0.2) is 60.2 Å². The monoisotopic (exact) mass is 279 g/mol. The molecule has 0 bridgehead atoms. The average molecular weight is 279 g/mol. The number of hydrogen-bond acceptors (Lipinski definition) is 2. The fourth-order valence-corrected chi connectivity index (χ4v) is 3.04. The SMILES string of the molecule is C=C1C=CC(C2NCC(=O)CCCc3ccccc32)=CC1. The summed E-state index contributed by atoms with van der Waals surface area (Å²) < 4.78 is 0. The normalized spacial score (nSPS) is 22.9. The van der Waals surface area contributed by atoms with Crippen molar-refractivity contribution < 1.29 is 4.79 Å². The van der Waals surface area contributed by atoms with E-state index in [1.165, 1.54) is 16.7 Å². The first-order chi connectivity index (χ1) is 10.2. The second-order valence-electron chi connectivity index (χ2n) is 5.80. The van der Waals surface area contributed by atoms with Crippen LogP contribution in [0.5, 0.6) is 0 Å². The van der Waals surface area contributed by atoms with Crippen LogP contribution in [0.4, 0.5) is 0 Å².